The number of amides is 3. The van der Waals surface area contributed by atoms with Crippen molar-refractivity contribution in [3.63, 3.8) is 0 Å². The Bertz CT molecular complexity index is 867. The Kier molecular flexibility index (Phi) is 9.69. The van der Waals surface area contributed by atoms with Crippen molar-refractivity contribution in [2.45, 2.75) is 26.9 Å². The Morgan fingerprint density at radius 3 is 1.94 bits per heavy atom. The molecular weight excluding hydrogens is 437 g/mol. The van der Waals surface area contributed by atoms with Crippen molar-refractivity contribution in [1.29, 1.82) is 0 Å². The standard InChI is InChI=1S/C20H23F3N2O7/c1-5-31-18(28)24(25(13(3)26)19(29)32-6-2)12-15(17(27)30-4)11-14-7-9-16(10-8-14)20(21,22)23/h7-11H,5-6,12H2,1-4H3/b15-11+. The molecule has 0 aliphatic heterocycles. The monoisotopic (exact) mass is 460 g/mol. The molecule has 0 unspecified atom stereocenters. The second-order valence-corrected chi connectivity index (χ2v) is 6.07. The Labute approximate surface area is 182 Å². The van der Waals surface area contributed by atoms with E-state index in [-0.39, 0.29) is 24.4 Å². The van der Waals surface area contributed by atoms with Crippen LogP contribution in [0.5, 0.6) is 0 Å². The minimum Gasteiger partial charge on any atom is -0.466 e. The molecule has 0 radical (unpaired) electrons. The predicted octanol–water partition coefficient (Wildman–Crippen LogP) is 3.64. The number of carbonyl (C=O) groups is 4. The van der Waals surface area contributed by atoms with E-state index >= 15 is 0 Å². The van der Waals surface area contributed by atoms with Crippen molar-refractivity contribution in [3.8, 4) is 0 Å². The minimum absolute atomic E-state index is 0.107. The molecule has 9 nitrogen and oxygen atoms in total. The molecule has 0 saturated heterocycles. The number of hydrogen-bond donors (Lipinski definition) is 0. The fourth-order valence-corrected chi connectivity index (χ4v) is 2.43. The van der Waals surface area contributed by atoms with Crippen LogP contribution < -0.4 is 0 Å². The van der Waals surface area contributed by atoms with Gasteiger partial charge in [0.1, 0.15) is 0 Å². The van der Waals surface area contributed by atoms with Gasteiger partial charge in [0.2, 0.25) is 5.91 Å². The third-order valence-electron chi connectivity index (χ3n) is 3.81. The number of esters is 1. The molecule has 176 valence electrons. The molecule has 0 bridgehead atoms. The number of halogens is 3. The molecule has 12 heteroatoms. The lowest BCUT2D eigenvalue weighted by molar-refractivity contribution is -0.142. The maximum atomic E-state index is 12.8. The van der Waals surface area contributed by atoms with Gasteiger partial charge >= 0.3 is 24.3 Å². The third-order valence-corrected chi connectivity index (χ3v) is 3.81. The van der Waals surface area contributed by atoms with Crippen LogP contribution in [0.4, 0.5) is 22.8 Å². The highest BCUT2D eigenvalue weighted by molar-refractivity contribution is 5.96. The summed E-state index contributed by atoms with van der Waals surface area (Å²) in [7, 11) is 1.05. The van der Waals surface area contributed by atoms with Crippen LogP contribution in [0, 0.1) is 0 Å². The lowest BCUT2D eigenvalue weighted by Crippen LogP contribution is -2.53. The van der Waals surface area contributed by atoms with Gasteiger partial charge in [0.25, 0.3) is 0 Å². The van der Waals surface area contributed by atoms with Crippen LogP contribution in [0.15, 0.2) is 29.8 Å². The highest BCUT2D eigenvalue weighted by atomic mass is 19.4. The van der Waals surface area contributed by atoms with E-state index in [9.17, 15) is 32.3 Å². The lowest BCUT2D eigenvalue weighted by atomic mass is 10.1. The topological polar surface area (TPSA) is 102 Å². The van der Waals surface area contributed by atoms with Gasteiger partial charge in [-0.05, 0) is 37.6 Å². The van der Waals surface area contributed by atoms with Crippen molar-refractivity contribution < 1.29 is 46.6 Å². The number of hydrogen-bond acceptors (Lipinski definition) is 7. The highest BCUT2D eigenvalue weighted by Crippen LogP contribution is 2.29. The number of nitrogens with zero attached hydrogens (tertiary/aromatic N) is 2. The number of carbonyl (C=O) groups excluding carboxylic acids is 4. The molecule has 0 saturated carbocycles. The molecular formula is C20H23F3N2O7. The number of alkyl halides is 3. The van der Waals surface area contributed by atoms with Crippen LogP contribution in [-0.2, 0) is 30.0 Å². The van der Waals surface area contributed by atoms with E-state index in [1.54, 1.807) is 0 Å². The Hall–Kier alpha value is -3.57. The first-order chi connectivity index (χ1) is 15.0. The van der Waals surface area contributed by atoms with E-state index in [1.807, 2.05) is 0 Å². The van der Waals surface area contributed by atoms with Crippen LogP contribution in [0.1, 0.15) is 31.9 Å². The molecule has 0 heterocycles. The number of imide groups is 1. The molecule has 0 atom stereocenters. The predicted molar refractivity (Wildman–Crippen MR) is 105 cm³/mol. The Morgan fingerprint density at radius 1 is 0.969 bits per heavy atom. The smallest absolute Gasteiger partial charge is 0.436 e. The van der Waals surface area contributed by atoms with Gasteiger partial charge in [0.05, 0.1) is 38.0 Å². The average molecular weight is 460 g/mol. The third kappa shape index (κ3) is 7.29. The van der Waals surface area contributed by atoms with Crippen LogP contribution in [0.3, 0.4) is 0 Å². The minimum atomic E-state index is -4.55. The maximum Gasteiger partial charge on any atom is 0.436 e. The molecule has 0 N–H and O–H groups in total. The Balaban J connectivity index is 3.42. The van der Waals surface area contributed by atoms with E-state index in [4.69, 9.17) is 9.47 Å². The van der Waals surface area contributed by atoms with Gasteiger partial charge in [-0.25, -0.2) is 19.4 Å². The van der Waals surface area contributed by atoms with Crippen LogP contribution in [0.25, 0.3) is 6.08 Å². The first-order valence-electron chi connectivity index (χ1n) is 9.33. The van der Waals surface area contributed by atoms with E-state index in [0.29, 0.717) is 10.0 Å². The first kappa shape index (κ1) is 26.5. The largest absolute Gasteiger partial charge is 0.466 e. The normalized spacial score (nSPS) is 11.4. The molecule has 0 aromatic heterocycles. The lowest BCUT2D eigenvalue weighted by Gasteiger charge is -2.30. The van der Waals surface area contributed by atoms with E-state index in [1.165, 1.54) is 13.8 Å². The van der Waals surface area contributed by atoms with Crippen LogP contribution in [0.2, 0.25) is 0 Å². The summed E-state index contributed by atoms with van der Waals surface area (Å²) in [6.07, 6.45) is -5.72. The summed E-state index contributed by atoms with van der Waals surface area (Å²) in [4.78, 5) is 49.0. The maximum absolute atomic E-state index is 12.8. The number of ether oxygens (including phenoxy) is 3. The van der Waals surface area contributed by atoms with Crippen molar-refractivity contribution in [2.24, 2.45) is 0 Å². The first-order valence-corrected chi connectivity index (χ1v) is 9.33. The van der Waals surface area contributed by atoms with Gasteiger partial charge in [0.15, 0.2) is 0 Å². The number of hydrazine groups is 1. The van der Waals surface area contributed by atoms with Gasteiger partial charge in [-0.2, -0.15) is 13.2 Å². The van der Waals surface area contributed by atoms with Crippen molar-refractivity contribution >= 4 is 30.1 Å². The summed E-state index contributed by atoms with van der Waals surface area (Å²) in [5, 5.41) is 0.891. The van der Waals surface area contributed by atoms with E-state index in [0.717, 1.165) is 44.4 Å². The SMILES string of the molecule is CCOC(=O)N(C/C(=C\c1ccc(C(F)(F)F)cc1)C(=O)OC)N(C(C)=O)C(=O)OCC. The van der Waals surface area contributed by atoms with Gasteiger partial charge < -0.3 is 14.2 Å². The van der Waals surface area contributed by atoms with Crippen LogP contribution in [-0.4, -0.2) is 60.9 Å². The van der Waals surface area contributed by atoms with E-state index < -0.39 is 42.3 Å². The molecule has 1 aromatic carbocycles. The Morgan fingerprint density at radius 2 is 1.50 bits per heavy atom. The zero-order valence-corrected chi connectivity index (χ0v) is 17.9. The summed E-state index contributed by atoms with van der Waals surface area (Å²) >= 11 is 0. The van der Waals surface area contributed by atoms with Crippen LogP contribution >= 0.6 is 0 Å². The molecule has 1 rings (SSSR count). The fraction of sp³-hybridized carbons (Fsp3) is 0.400. The summed E-state index contributed by atoms with van der Waals surface area (Å²) in [5.74, 6) is -1.86. The number of benzene rings is 1. The highest BCUT2D eigenvalue weighted by Gasteiger charge is 2.34. The summed E-state index contributed by atoms with van der Waals surface area (Å²) in [5.41, 5.74) is -0.976. The van der Waals surface area contributed by atoms with Gasteiger partial charge in [-0.3, -0.25) is 4.79 Å². The fourth-order valence-electron chi connectivity index (χ4n) is 2.43. The van der Waals surface area contributed by atoms with Crippen molar-refractivity contribution in [2.75, 3.05) is 26.9 Å². The zero-order chi connectivity index (χ0) is 24.5. The second-order valence-electron chi connectivity index (χ2n) is 6.07. The second kappa shape index (κ2) is 11.7. The number of methoxy groups -OCH3 is 1. The van der Waals surface area contributed by atoms with E-state index in [2.05, 4.69) is 4.74 Å². The molecule has 3 amide bonds. The summed E-state index contributed by atoms with van der Waals surface area (Å²) < 4.78 is 52.6. The number of rotatable bonds is 6. The molecule has 0 fully saturated rings. The van der Waals surface area contributed by atoms with Crippen molar-refractivity contribution in [1.82, 2.24) is 10.0 Å². The molecule has 32 heavy (non-hydrogen) atoms. The van der Waals surface area contributed by atoms with Crippen molar-refractivity contribution in [3.05, 3.63) is 41.0 Å². The summed E-state index contributed by atoms with van der Waals surface area (Å²) in [6.45, 7) is 3.06. The molecule has 0 aliphatic carbocycles. The van der Waals surface area contributed by atoms with Gasteiger partial charge in [-0.15, -0.1) is 5.01 Å². The quantitative estimate of drug-likeness (QED) is 0.276. The van der Waals surface area contributed by atoms with Gasteiger partial charge in [0, 0.05) is 6.92 Å². The molecule has 1 aromatic rings. The zero-order valence-electron chi connectivity index (χ0n) is 17.9. The molecule has 0 spiro atoms. The average Bonchev–Trinajstić information content (AvgIpc) is 2.71. The van der Waals surface area contributed by atoms with Gasteiger partial charge in [-0.1, -0.05) is 12.1 Å². The molecule has 0 aliphatic rings. The summed E-state index contributed by atoms with van der Waals surface area (Å²) in [6, 6.07) is 3.83.